The molecule has 7 nitrogen and oxygen atoms in total. The molecule has 0 aromatic rings. The molecule has 0 spiro atoms. The van der Waals surface area contributed by atoms with Gasteiger partial charge in [-0.2, -0.15) is 11.1 Å². The van der Waals surface area contributed by atoms with Crippen molar-refractivity contribution in [3.63, 3.8) is 0 Å². The summed E-state index contributed by atoms with van der Waals surface area (Å²) in [5, 5.41) is 6.52. The molecular formula is C11H24N6O. The Bertz CT molecular complexity index is 281. The second-order valence-corrected chi connectivity index (χ2v) is 4.97. The molecule has 6 N–H and O–H groups in total. The van der Waals surface area contributed by atoms with Gasteiger partial charge in [0.25, 0.3) is 0 Å². The summed E-state index contributed by atoms with van der Waals surface area (Å²) in [6.07, 6.45) is 3.05. The number of hydrazine groups is 3. The molecule has 0 saturated carbocycles. The van der Waals surface area contributed by atoms with Gasteiger partial charge < -0.3 is 10.6 Å². The van der Waals surface area contributed by atoms with Crippen LogP contribution in [0.5, 0.6) is 0 Å². The summed E-state index contributed by atoms with van der Waals surface area (Å²) < 4.78 is 0. The molecule has 2 saturated heterocycles. The van der Waals surface area contributed by atoms with E-state index in [1.807, 2.05) is 0 Å². The number of hydrogen-bond donors (Lipinski definition) is 6. The monoisotopic (exact) mass is 256 g/mol. The molecular weight excluding hydrogens is 232 g/mol. The zero-order chi connectivity index (χ0) is 13.0. The third-order valence-corrected chi connectivity index (χ3v) is 3.78. The summed E-state index contributed by atoms with van der Waals surface area (Å²) in [4.78, 5) is 12.2. The summed E-state index contributed by atoms with van der Waals surface area (Å²) in [5.74, 6) is 0.253. The first-order chi connectivity index (χ1) is 8.74. The number of carbonyl (C=O) groups is 1. The van der Waals surface area contributed by atoms with Crippen molar-refractivity contribution < 1.29 is 4.79 Å². The van der Waals surface area contributed by atoms with Crippen LogP contribution in [0.3, 0.4) is 0 Å². The topological polar surface area (TPSA) is 89.2 Å². The number of hydrogen-bond acceptors (Lipinski definition) is 6. The van der Waals surface area contributed by atoms with Crippen LogP contribution in [0.1, 0.15) is 33.1 Å². The number of carbonyl (C=O) groups excluding carboxylic acids is 1. The van der Waals surface area contributed by atoms with Crippen LogP contribution in [0.4, 0.5) is 0 Å². The Morgan fingerprint density at radius 1 is 1.22 bits per heavy atom. The van der Waals surface area contributed by atoms with Crippen molar-refractivity contribution in [1.29, 1.82) is 0 Å². The fourth-order valence-electron chi connectivity index (χ4n) is 2.65. The van der Waals surface area contributed by atoms with Crippen LogP contribution in [0.2, 0.25) is 0 Å². The lowest BCUT2D eigenvalue weighted by Crippen LogP contribution is -2.47. The van der Waals surface area contributed by atoms with Gasteiger partial charge >= 0.3 is 0 Å². The largest absolute Gasteiger partial charge is 0.353 e. The summed E-state index contributed by atoms with van der Waals surface area (Å²) in [6, 6.07) is 0.799. The molecule has 7 heteroatoms. The van der Waals surface area contributed by atoms with Gasteiger partial charge in [0.2, 0.25) is 5.91 Å². The minimum absolute atomic E-state index is 0.0189. The minimum Gasteiger partial charge on any atom is -0.353 e. The van der Waals surface area contributed by atoms with Gasteiger partial charge in [-0.1, -0.05) is 13.8 Å². The van der Waals surface area contributed by atoms with Crippen LogP contribution in [-0.4, -0.2) is 30.7 Å². The van der Waals surface area contributed by atoms with Crippen LogP contribution >= 0.6 is 0 Å². The van der Waals surface area contributed by atoms with E-state index in [2.05, 4.69) is 46.4 Å². The average Bonchev–Trinajstić information content (AvgIpc) is 3.04. The van der Waals surface area contributed by atoms with Crippen molar-refractivity contribution in [2.24, 2.45) is 5.92 Å². The van der Waals surface area contributed by atoms with E-state index in [1.54, 1.807) is 0 Å². The van der Waals surface area contributed by atoms with E-state index in [1.165, 1.54) is 0 Å². The summed E-state index contributed by atoms with van der Waals surface area (Å²) in [6.45, 7) is 4.85. The Balaban J connectivity index is 1.79. The fourth-order valence-corrected chi connectivity index (χ4v) is 2.65. The highest BCUT2D eigenvalue weighted by Gasteiger charge is 2.36. The lowest BCUT2D eigenvalue weighted by molar-refractivity contribution is -0.125. The van der Waals surface area contributed by atoms with Crippen LogP contribution in [0.15, 0.2) is 0 Å². The van der Waals surface area contributed by atoms with Gasteiger partial charge in [0, 0.05) is 18.6 Å². The Kier molecular flexibility index (Phi) is 4.90. The van der Waals surface area contributed by atoms with Crippen molar-refractivity contribution in [2.45, 2.75) is 51.4 Å². The van der Waals surface area contributed by atoms with E-state index in [-0.39, 0.29) is 18.0 Å². The molecule has 18 heavy (non-hydrogen) atoms. The molecule has 2 rings (SSSR count). The second-order valence-electron chi connectivity index (χ2n) is 4.97. The van der Waals surface area contributed by atoms with Gasteiger partial charge in [0.15, 0.2) is 0 Å². The van der Waals surface area contributed by atoms with Crippen molar-refractivity contribution in [3.05, 3.63) is 0 Å². The maximum absolute atomic E-state index is 12.2. The molecule has 2 aliphatic heterocycles. The number of nitrogens with one attached hydrogen (secondary N) is 6. The highest BCUT2D eigenvalue weighted by atomic mass is 16.2. The van der Waals surface area contributed by atoms with E-state index in [9.17, 15) is 4.79 Å². The van der Waals surface area contributed by atoms with Gasteiger partial charge in [-0.05, 0) is 19.3 Å². The van der Waals surface area contributed by atoms with Crippen LogP contribution in [0, 0.1) is 5.92 Å². The first-order valence-corrected chi connectivity index (χ1v) is 6.79. The lowest BCUT2D eigenvalue weighted by atomic mass is 9.96. The Hall–Kier alpha value is -0.730. The predicted molar refractivity (Wildman–Crippen MR) is 68.7 cm³/mol. The molecule has 0 radical (unpaired) electrons. The Morgan fingerprint density at radius 2 is 1.94 bits per heavy atom. The predicted octanol–water partition coefficient (Wildman–Crippen LogP) is -1.29. The third-order valence-electron chi connectivity index (χ3n) is 3.78. The molecule has 0 aromatic heterocycles. The number of amides is 1. The fraction of sp³-hybridized carbons (Fsp3) is 0.909. The summed E-state index contributed by atoms with van der Waals surface area (Å²) in [5.41, 5.74) is 11.3. The minimum atomic E-state index is 0.0189. The lowest BCUT2D eigenvalue weighted by Gasteiger charge is -2.18. The van der Waals surface area contributed by atoms with Gasteiger partial charge in [-0.3, -0.25) is 4.79 Å². The smallest absolute Gasteiger partial charge is 0.224 e. The van der Waals surface area contributed by atoms with E-state index in [0.717, 1.165) is 19.3 Å². The Labute approximate surface area is 108 Å². The second kappa shape index (κ2) is 6.44. The average molecular weight is 256 g/mol. The molecule has 0 aliphatic carbocycles. The zero-order valence-corrected chi connectivity index (χ0v) is 11.0. The van der Waals surface area contributed by atoms with Crippen LogP contribution in [-0.2, 0) is 4.79 Å². The van der Waals surface area contributed by atoms with E-state index < -0.39 is 0 Å². The van der Waals surface area contributed by atoms with Crippen molar-refractivity contribution in [3.8, 4) is 0 Å². The van der Waals surface area contributed by atoms with Crippen molar-refractivity contribution in [1.82, 2.24) is 32.6 Å². The van der Waals surface area contributed by atoms with Gasteiger partial charge in [-0.15, -0.1) is 0 Å². The SMILES string of the molecule is CCC1CC(C(=O)NCC2NNNN2)C(CC)N1. The highest BCUT2D eigenvalue weighted by molar-refractivity contribution is 5.79. The van der Waals surface area contributed by atoms with Crippen molar-refractivity contribution >= 4 is 5.91 Å². The quantitative estimate of drug-likeness (QED) is 0.367. The third kappa shape index (κ3) is 3.18. The molecule has 3 atom stereocenters. The molecule has 1 amide bonds. The molecule has 0 bridgehead atoms. The van der Waals surface area contributed by atoms with Crippen molar-refractivity contribution in [2.75, 3.05) is 6.54 Å². The van der Waals surface area contributed by atoms with Crippen LogP contribution < -0.4 is 32.6 Å². The van der Waals surface area contributed by atoms with E-state index in [4.69, 9.17) is 0 Å². The van der Waals surface area contributed by atoms with E-state index >= 15 is 0 Å². The number of rotatable bonds is 5. The normalized spacial score (nSPS) is 32.9. The molecule has 0 aromatic carbocycles. The van der Waals surface area contributed by atoms with Gasteiger partial charge in [0.05, 0.1) is 5.92 Å². The molecule has 2 aliphatic rings. The molecule has 3 unspecified atom stereocenters. The first kappa shape index (κ1) is 13.7. The van der Waals surface area contributed by atoms with Crippen LogP contribution in [0.25, 0.3) is 0 Å². The molecule has 2 fully saturated rings. The standard InChI is InChI=1S/C11H24N6O/c1-3-7-5-8(9(4-2)13-7)11(18)12-6-10-14-16-17-15-10/h7-10,13-17H,3-6H2,1-2H3,(H,12,18). The maximum Gasteiger partial charge on any atom is 0.224 e. The maximum atomic E-state index is 12.2. The highest BCUT2D eigenvalue weighted by Crippen LogP contribution is 2.24. The zero-order valence-electron chi connectivity index (χ0n) is 11.0. The summed E-state index contributed by atoms with van der Waals surface area (Å²) in [7, 11) is 0. The Morgan fingerprint density at radius 3 is 2.56 bits per heavy atom. The van der Waals surface area contributed by atoms with E-state index in [0.29, 0.717) is 18.6 Å². The summed E-state index contributed by atoms with van der Waals surface area (Å²) >= 11 is 0. The molecule has 104 valence electrons. The van der Waals surface area contributed by atoms with Gasteiger partial charge in [-0.25, -0.2) is 10.9 Å². The first-order valence-electron chi connectivity index (χ1n) is 6.79. The molecule has 2 heterocycles. The van der Waals surface area contributed by atoms with Gasteiger partial charge in [0.1, 0.15) is 6.17 Å².